The summed E-state index contributed by atoms with van der Waals surface area (Å²) in [6.07, 6.45) is 13.1. The van der Waals surface area contributed by atoms with Crippen LogP contribution in [0.4, 0.5) is 5.69 Å². The van der Waals surface area contributed by atoms with Gasteiger partial charge in [0.1, 0.15) is 11.5 Å². The van der Waals surface area contributed by atoms with Gasteiger partial charge >= 0.3 is 0 Å². The molecule has 9 nitrogen and oxygen atoms in total. The maximum absolute atomic E-state index is 14.5. The Morgan fingerprint density at radius 3 is 2.82 bits per heavy atom. The molecule has 0 unspecified atom stereocenters. The number of carbonyl (C=O) groups is 2. The van der Waals surface area contributed by atoms with Gasteiger partial charge in [-0.15, -0.1) is 0 Å². The van der Waals surface area contributed by atoms with Crippen molar-refractivity contribution < 1.29 is 23.3 Å². The molecule has 0 saturated heterocycles. The summed E-state index contributed by atoms with van der Waals surface area (Å²) in [6.45, 7) is 2.07. The Morgan fingerprint density at radius 2 is 2.04 bits per heavy atom. The number of aromatic nitrogens is 2. The summed E-state index contributed by atoms with van der Waals surface area (Å²) < 4.78 is 33.4. The zero-order valence-electron chi connectivity index (χ0n) is 29.5. The van der Waals surface area contributed by atoms with Crippen LogP contribution in [-0.4, -0.2) is 70.1 Å². The number of Topliss-reactive ketones (excluding diaryl/α,β-unsaturated/α-hetero) is 1. The van der Waals surface area contributed by atoms with Crippen LogP contribution in [0, 0.1) is 17.8 Å². The first-order valence-corrected chi connectivity index (χ1v) is 20.7. The molecule has 8 rings (SSSR count). The minimum atomic E-state index is -3.17. The molecule has 3 aromatic rings. The molecular formula is C40H47ClN4O5S. The molecule has 7 atom stereocenters. The smallest absolute Gasteiger partial charge is 0.285 e. The predicted molar refractivity (Wildman–Crippen MR) is 199 cm³/mol. The molecule has 1 amide bonds. The highest BCUT2D eigenvalue weighted by Crippen LogP contribution is 2.49. The summed E-state index contributed by atoms with van der Waals surface area (Å²) in [5.74, 6) is 0.656. The molecular weight excluding hydrogens is 684 g/mol. The van der Waals surface area contributed by atoms with Crippen molar-refractivity contribution in [3.8, 4) is 5.75 Å². The van der Waals surface area contributed by atoms with Crippen LogP contribution in [0.2, 0.25) is 5.02 Å². The van der Waals surface area contributed by atoms with Crippen molar-refractivity contribution in [3.63, 3.8) is 0 Å². The Hall–Kier alpha value is -3.47. The van der Waals surface area contributed by atoms with Gasteiger partial charge in [0, 0.05) is 72.7 Å². The van der Waals surface area contributed by atoms with Gasteiger partial charge in [-0.3, -0.25) is 14.3 Å². The highest BCUT2D eigenvalue weighted by Gasteiger charge is 2.47. The third kappa shape index (κ3) is 6.79. The lowest BCUT2D eigenvalue weighted by Crippen LogP contribution is -2.49. The van der Waals surface area contributed by atoms with Crippen LogP contribution in [0.15, 0.2) is 65.2 Å². The second-order valence-corrected chi connectivity index (χ2v) is 18.2. The average Bonchev–Trinajstić information content (AvgIpc) is 3.81. The maximum atomic E-state index is 14.5. The number of amides is 1. The first kappa shape index (κ1) is 34.6. The number of carbonyl (C=O) groups excluding carboxylic acids is 2. The van der Waals surface area contributed by atoms with Crippen LogP contribution in [-0.2, 0) is 38.1 Å². The summed E-state index contributed by atoms with van der Waals surface area (Å²) >= 11 is 6.46. The summed E-state index contributed by atoms with van der Waals surface area (Å²) in [4.78, 5) is 30.0. The van der Waals surface area contributed by atoms with E-state index in [9.17, 15) is 13.8 Å². The van der Waals surface area contributed by atoms with Gasteiger partial charge in [-0.25, -0.2) is 4.21 Å². The minimum absolute atomic E-state index is 0.0202. The quantitative estimate of drug-likeness (QED) is 0.263. The van der Waals surface area contributed by atoms with Gasteiger partial charge in [0.15, 0.2) is 0 Å². The number of aryl methyl sites for hydroxylation is 2. The molecule has 2 bridgehead atoms. The summed E-state index contributed by atoms with van der Waals surface area (Å²) in [7, 11) is 0.482. The van der Waals surface area contributed by atoms with Gasteiger partial charge in [0.25, 0.3) is 5.91 Å². The summed E-state index contributed by atoms with van der Waals surface area (Å²) in [5.41, 5.74) is 4.55. The SMILES string of the molecule is CO[C@H]1/C=C/CCC[S@@](=O)(CC(=O)[C@H]2C[C@@H]2c2ccnn2C)=NC(=O)c2ccc3c(c2)N(C[C@@H]2CC[C@H]21)C[C@@]1(CCCc2cc(Cl)ccc21)CO3. The van der Waals surface area contributed by atoms with E-state index < -0.39 is 15.6 Å². The number of hydrogen-bond donors (Lipinski definition) is 0. The molecule has 5 aliphatic rings. The fourth-order valence-electron chi connectivity index (χ4n) is 9.15. The number of ether oxygens (including phenoxy) is 2. The van der Waals surface area contributed by atoms with E-state index in [1.165, 1.54) is 11.1 Å². The molecule has 3 aliphatic carbocycles. The van der Waals surface area contributed by atoms with Crippen molar-refractivity contribution in [3.05, 3.63) is 88.2 Å². The number of ketones is 1. The molecule has 2 aliphatic heterocycles. The highest BCUT2D eigenvalue weighted by atomic mass is 35.5. The Labute approximate surface area is 305 Å². The second kappa shape index (κ2) is 13.8. The number of hydrogen-bond acceptors (Lipinski definition) is 7. The van der Waals surface area contributed by atoms with Crippen LogP contribution in [0.25, 0.3) is 0 Å². The highest BCUT2D eigenvalue weighted by molar-refractivity contribution is 7.94. The number of benzene rings is 2. The van der Waals surface area contributed by atoms with Crippen LogP contribution in [0.1, 0.15) is 78.0 Å². The Kier molecular flexibility index (Phi) is 9.38. The lowest BCUT2D eigenvalue weighted by molar-refractivity contribution is -0.117. The molecule has 51 heavy (non-hydrogen) atoms. The molecule has 2 saturated carbocycles. The number of allylic oxidation sites excluding steroid dienone is 1. The zero-order chi connectivity index (χ0) is 35.3. The van der Waals surface area contributed by atoms with Crippen LogP contribution in [0.5, 0.6) is 5.75 Å². The molecule has 270 valence electrons. The summed E-state index contributed by atoms with van der Waals surface area (Å²) in [6, 6.07) is 13.7. The summed E-state index contributed by atoms with van der Waals surface area (Å²) in [5, 5.41) is 5.00. The largest absolute Gasteiger partial charge is 0.490 e. The molecule has 2 fully saturated rings. The van der Waals surface area contributed by atoms with E-state index in [1.807, 2.05) is 31.3 Å². The number of anilines is 1. The molecule has 1 aromatic heterocycles. The standard InChI is InChI=1S/C40H47ClN4O5S/c1-44-34(15-17-42-44)31-21-32(31)36(46)23-51(48)18-5-3-4-8-37(49-2)30-12-9-28(30)22-45-24-40(16-6-7-26-19-29(41)11-13-33(26)40)25-50-38-14-10-27(20-35(38)45)39(47)43-51/h4,8,10-11,13-15,17,19-20,28,30-32,37H,3,5-7,9,12,16,18,21-25H2,1-2H3/b8-4+/t28-,30+,31-,32-,37-,40-,51+/m0/s1. The number of halogens is 1. The van der Waals surface area contributed by atoms with Crippen molar-refractivity contribution >= 4 is 38.7 Å². The van der Waals surface area contributed by atoms with Crippen molar-refractivity contribution in [1.29, 1.82) is 0 Å². The molecule has 0 radical (unpaired) electrons. The average molecular weight is 731 g/mol. The van der Waals surface area contributed by atoms with E-state index >= 15 is 0 Å². The number of rotatable bonds is 5. The van der Waals surface area contributed by atoms with E-state index in [1.54, 1.807) is 24.1 Å². The van der Waals surface area contributed by atoms with Gasteiger partial charge in [0.2, 0.25) is 0 Å². The molecule has 0 N–H and O–H groups in total. The fraction of sp³-hybridized carbons (Fsp3) is 0.525. The van der Waals surface area contributed by atoms with Crippen molar-refractivity contribution in [2.75, 3.05) is 43.2 Å². The second-order valence-electron chi connectivity index (χ2n) is 15.4. The van der Waals surface area contributed by atoms with Crippen molar-refractivity contribution in [2.45, 2.75) is 68.8 Å². The third-order valence-electron chi connectivity index (χ3n) is 12.1. The van der Waals surface area contributed by atoms with Gasteiger partial charge in [0.05, 0.1) is 33.9 Å². The van der Waals surface area contributed by atoms with Crippen molar-refractivity contribution in [1.82, 2.24) is 9.78 Å². The number of methoxy groups -OCH3 is 1. The minimum Gasteiger partial charge on any atom is -0.490 e. The molecule has 3 heterocycles. The fourth-order valence-corrected chi connectivity index (χ4v) is 11.3. The first-order valence-electron chi connectivity index (χ1n) is 18.4. The monoisotopic (exact) mass is 730 g/mol. The van der Waals surface area contributed by atoms with Gasteiger partial charge in [-0.1, -0.05) is 29.8 Å². The van der Waals surface area contributed by atoms with E-state index in [2.05, 4.69) is 38.6 Å². The lowest BCUT2D eigenvalue weighted by Gasteiger charge is -2.46. The zero-order valence-corrected chi connectivity index (χ0v) is 31.0. The van der Waals surface area contributed by atoms with Gasteiger partial charge in [-0.05, 0) is 111 Å². The topological polar surface area (TPSA) is 103 Å². The first-order chi connectivity index (χ1) is 24.6. The Balaban J connectivity index is 1.15. The third-order valence-corrected chi connectivity index (χ3v) is 14.5. The Bertz CT molecular complexity index is 2000. The molecule has 11 heteroatoms. The number of fused-ring (bicyclic) bond motifs is 4. The number of nitrogens with zero attached hydrogens (tertiary/aromatic N) is 4. The van der Waals surface area contributed by atoms with Crippen LogP contribution >= 0.6 is 11.6 Å². The normalized spacial score (nSPS) is 32.4. The lowest BCUT2D eigenvalue weighted by atomic mass is 9.68. The molecule has 1 spiro atoms. The van der Waals surface area contributed by atoms with Crippen LogP contribution in [0.3, 0.4) is 0 Å². The van der Waals surface area contributed by atoms with E-state index in [0.717, 1.165) is 67.3 Å². The van der Waals surface area contributed by atoms with Crippen LogP contribution < -0.4 is 9.64 Å². The maximum Gasteiger partial charge on any atom is 0.285 e. The van der Waals surface area contributed by atoms with E-state index in [4.69, 9.17) is 21.1 Å². The van der Waals surface area contributed by atoms with Gasteiger partial charge < -0.3 is 14.4 Å². The van der Waals surface area contributed by atoms with E-state index in [-0.39, 0.29) is 40.6 Å². The van der Waals surface area contributed by atoms with Gasteiger partial charge in [-0.2, -0.15) is 9.46 Å². The van der Waals surface area contributed by atoms with E-state index in [0.29, 0.717) is 43.3 Å². The van der Waals surface area contributed by atoms with Crippen molar-refractivity contribution in [2.24, 2.45) is 29.2 Å². The predicted octanol–water partition coefficient (Wildman–Crippen LogP) is 6.92. The molecule has 2 aromatic carbocycles. The Morgan fingerprint density at radius 1 is 1.16 bits per heavy atom.